The molecule has 5 heteroatoms. The van der Waals surface area contributed by atoms with Crippen LogP contribution in [0, 0.1) is 0 Å². The molecular formula is C21H40O4S. The SMILES string of the molecule is CCCCCCCCCCCC=C(C(S)C(=O)OC)[C@H](O)CCCCO. The number of hydrogen-bond acceptors (Lipinski definition) is 5. The maximum Gasteiger partial charge on any atom is 0.322 e. The first-order chi connectivity index (χ1) is 12.6. The summed E-state index contributed by atoms with van der Waals surface area (Å²) in [6, 6.07) is 0. The molecule has 0 radical (unpaired) electrons. The first-order valence-corrected chi connectivity index (χ1v) is 10.8. The largest absolute Gasteiger partial charge is 0.468 e. The van der Waals surface area contributed by atoms with Gasteiger partial charge in [0.1, 0.15) is 5.25 Å². The zero-order valence-corrected chi connectivity index (χ0v) is 17.7. The number of esters is 1. The second-order valence-electron chi connectivity index (χ2n) is 6.98. The van der Waals surface area contributed by atoms with Gasteiger partial charge in [-0.25, -0.2) is 0 Å². The van der Waals surface area contributed by atoms with Crippen molar-refractivity contribution in [1.29, 1.82) is 0 Å². The molecule has 0 heterocycles. The van der Waals surface area contributed by atoms with E-state index in [0.29, 0.717) is 24.8 Å². The van der Waals surface area contributed by atoms with Gasteiger partial charge in [0.25, 0.3) is 0 Å². The lowest BCUT2D eigenvalue weighted by molar-refractivity contribution is -0.139. The second kappa shape index (κ2) is 17.9. The summed E-state index contributed by atoms with van der Waals surface area (Å²) in [4.78, 5) is 11.8. The number of aliphatic hydroxyl groups excluding tert-OH is 2. The summed E-state index contributed by atoms with van der Waals surface area (Å²) in [5.74, 6) is -0.437. The Balaban J connectivity index is 4.23. The molecule has 0 saturated heterocycles. The van der Waals surface area contributed by atoms with Crippen LogP contribution < -0.4 is 0 Å². The fourth-order valence-corrected chi connectivity index (χ4v) is 3.40. The Kier molecular flexibility index (Phi) is 17.5. The van der Waals surface area contributed by atoms with Crippen LogP contribution in [-0.2, 0) is 9.53 Å². The zero-order valence-electron chi connectivity index (χ0n) is 16.8. The van der Waals surface area contributed by atoms with Crippen molar-refractivity contribution in [2.45, 2.75) is 102 Å². The van der Waals surface area contributed by atoms with Gasteiger partial charge in [-0.1, -0.05) is 64.4 Å². The Labute approximate surface area is 165 Å². The van der Waals surface area contributed by atoms with E-state index in [1.807, 2.05) is 6.08 Å². The summed E-state index contributed by atoms with van der Waals surface area (Å²) in [5.41, 5.74) is 0.637. The molecule has 2 N–H and O–H groups in total. The van der Waals surface area contributed by atoms with Crippen LogP contribution in [0.25, 0.3) is 0 Å². The number of unbranched alkanes of at least 4 members (excludes halogenated alkanes) is 10. The number of ether oxygens (including phenoxy) is 1. The third-order valence-electron chi connectivity index (χ3n) is 4.70. The van der Waals surface area contributed by atoms with Gasteiger partial charge in [-0.3, -0.25) is 4.79 Å². The number of hydrogen-bond donors (Lipinski definition) is 3. The Bertz CT molecular complexity index is 371. The van der Waals surface area contributed by atoms with E-state index in [0.717, 1.165) is 12.8 Å². The summed E-state index contributed by atoms with van der Waals surface area (Å²) < 4.78 is 4.76. The van der Waals surface area contributed by atoms with E-state index in [2.05, 4.69) is 19.6 Å². The molecule has 154 valence electrons. The van der Waals surface area contributed by atoms with Crippen LogP contribution in [-0.4, -0.2) is 41.3 Å². The number of carbonyl (C=O) groups is 1. The van der Waals surface area contributed by atoms with Crippen LogP contribution in [0.1, 0.15) is 90.4 Å². The average molecular weight is 389 g/mol. The third kappa shape index (κ3) is 12.8. The zero-order chi connectivity index (χ0) is 19.6. The molecule has 0 fully saturated rings. The van der Waals surface area contributed by atoms with Gasteiger partial charge in [0.2, 0.25) is 0 Å². The van der Waals surface area contributed by atoms with Crippen molar-refractivity contribution in [3.05, 3.63) is 11.6 Å². The van der Waals surface area contributed by atoms with Gasteiger partial charge in [-0.2, -0.15) is 12.6 Å². The quantitative estimate of drug-likeness (QED) is 0.144. The first-order valence-electron chi connectivity index (χ1n) is 10.3. The van der Waals surface area contributed by atoms with Crippen LogP contribution >= 0.6 is 12.6 Å². The molecule has 0 rings (SSSR count). The van der Waals surface area contributed by atoms with Gasteiger partial charge in [-0.05, 0) is 37.7 Å². The molecule has 2 atom stereocenters. The lowest BCUT2D eigenvalue weighted by atomic mass is 9.98. The van der Waals surface area contributed by atoms with Crippen LogP contribution in [0.2, 0.25) is 0 Å². The van der Waals surface area contributed by atoms with E-state index in [-0.39, 0.29) is 6.61 Å². The molecule has 26 heavy (non-hydrogen) atoms. The van der Waals surface area contributed by atoms with E-state index in [1.54, 1.807) is 0 Å². The van der Waals surface area contributed by atoms with Crippen molar-refractivity contribution in [3.63, 3.8) is 0 Å². The standard InChI is InChI=1S/C21H40O4S/c1-3-4-5-6-7-8-9-10-11-12-15-18(20(26)21(24)25-2)19(23)16-13-14-17-22/h15,19-20,22-23,26H,3-14,16-17H2,1-2H3/t19-,20?/m1/s1. The predicted molar refractivity (Wildman–Crippen MR) is 112 cm³/mol. The number of carbonyl (C=O) groups excluding carboxylic acids is 1. The Morgan fingerprint density at radius 2 is 1.58 bits per heavy atom. The smallest absolute Gasteiger partial charge is 0.322 e. The highest BCUT2D eigenvalue weighted by atomic mass is 32.1. The number of thiol groups is 1. The van der Waals surface area contributed by atoms with E-state index in [1.165, 1.54) is 58.5 Å². The summed E-state index contributed by atoms with van der Waals surface area (Å²) in [6.07, 6.45) is 15.4. The molecule has 0 aliphatic rings. The lowest BCUT2D eigenvalue weighted by Crippen LogP contribution is -2.26. The highest BCUT2D eigenvalue weighted by molar-refractivity contribution is 7.82. The van der Waals surface area contributed by atoms with E-state index >= 15 is 0 Å². The molecule has 4 nitrogen and oxygen atoms in total. The minimum absolute atomic E-state index is 0.117. The lowest BCUT2D eigenvalue weighted by Gasteiger charge is -2.19. The summed E-state index contributed by atoms with van der Waals surface area (Å²) in [7, 11) is 1.34. The molecule has 0 aromatic heterocycles. The van der Waals surface area contributed by atoms with Crippen LogP contribution in [0.5, 0.6) is 0 Å². The summed E-state index contributed by atoms with van der Waals surface area (Å²) in [6.45, 7) is 2.35. The van der Waals surface area contributed by atoms with Gasteiger partial charge < -0.3 is 14.9 Å². The molecule has 1 unspecified atom stereocenters. The van der Waals surface area contributed by atoms with Gasteiger partial charge in [0.15, 0.2) is 0 Å². The van der Waals surface area contributed by atoms with Crippen LogP contribution in [0.3, 0.4) is 0 Å². The van der Waals surface area contributed by atoms with Gasteiger partial charge in [-0.15, -0.1) is 0 Å². The second-order valence-corrected chi connectivity index (χ2v) is 7.50. The predicted octanol–water partition coefficient (Wildman–Crippen LogP) is 4.83. The first kappa shape index (κ1) is 25.5. The number of allylic oxidation sites excluding steroid dienone is 1. The normalized spacial score (nSPS) is 14.3. The van der Waals surface area contributed by atoms with Crippen molar-refractivity contribution in [2.75, 3.05) is 13.7 Å². The number of rotatable bonds is 17. The van der Waals surface area contributed by atoms with Crippen LogP contribution in [0.4, 0.5) is 0 Å². The van der Waals surface area contributed by atoms with E-state index < -0.39 is 17.3 Å². The topological polar surface area (TPSA) is 66.8 Å². The highest BCUT2D eigenvalue weighted by Crippen LogP contribution is 2.21. The Morgan fingerprint density at radius 3 is 2.12 bits per heavy atom. The highest BCUT2D eigenvalue weighted by Gasteiger charge is 2.24. The van der Waals surface area contributed by atoms with E-state index in [9.17, 15) is 9.90 Å². The number of aliphatic hydroxyl groups is 2. The molecule has 0 aromatic rings. The maximum absolute atomic E-state index is 11.8. The third-order valence-corrected chi connectivity index (χ3v) is 5.21. The van der Waals surface area contributed by atoms with E-state index in [4.69, 9.17) is 9.84 Å². The molecule has 0 amide bonds. The fourth-order valence-electron chi connectivity index (χ4n) is 3.02. The molecule has 0 aliphatic carbocycles. The van der Waals surface area contributed by atoms with Crippen molar-refractivity contribution in [2.24, 2.45) is 0 Å². The molecule has 0 aromatic carbocycles. The van der Waals surface area contributed by atoms with Crippen molar-refractivity contribution in [3.8, 4) is 0 Å². The molecule has 0 saturated carbocycles. The van der Waals surface area contributed by atoms with Gasteiger partial charge in [0, 0.05) is 6.61 Å². The van der Waals surface area contributed by atoms with Crippen molar-refractivity contribution < 1.29 is 19.7 Å². The molecule has 0 spiro atoms. The van der Waals surface area contributed by atoms with Crippen LogP contribution in [0.15, 0.2) is 11.6 Å². The van der Waals surface area contributed by atoms with Crippen molar-refractivity contribution >= 4 is 18.6 Å². The molecular weight excluding hydrogens is 348 g/mol. The van der Waals surface area contributed by atoms with Gasteiger partial charge >= 0.3 is 5.97 Å². The minimum atomic E-state index is -0.720. The Hall–Kier alpha value is -0.520. The average Bonchev–Trinajstić information content (AvgIpc) is 2.65. The van der Waals surface area contributed by atoms with Gasteiger partial charge in [0.05, 0.1) is 13.2 Å². The number of methoxy groups -OCH3 is 1. The van der Waals surface area contributed by atoms with Crippen molar-refractivity contribution in [1.82, 2.24) is 0 Å². The Morgan fingerprint density at radius 1 is 1.00 bits per heavy atom. The monoisotopic (exact) mass is 388 g/mol. The summed E-state index contributed by atoms with van der Waals surface area (Å²) in [5, 5.41) is 18.5. The maximum atomic E-state index is 11.8. The molecule has 0 bridgehead atoms. The molecule has 0 aliphatic heterocycles. The minimum Gasteiger partial charge on any atom is -0.468 e. The summed E-state index contributed by atoms with van der Waals surface area (Å²) >= 11 is 4.33. The fraction of sp³-hybridized carbons (Fsp3) is 0.857.